The molecule has 3 amide bonds. The van der Waals surface area contributed by atoms with Crippen LogP contribution in [0.25, 0.3) is 0 Å². The highest BCUT2D eigenvalue weighted by molar-refractivity contribution is 5.94. The molecule has 1 heterocycles. The zero-order valence-corrected chi connectivity index (χ0v) is 17.3. The largest absolute Gasteiger partial charge is 0.481 e. The number of aromatic nitrogens is 2. The Morgan fingerprint density at radius 3 is 2.29 bits per heavy atom. The first-order chi connectivity index (χ1) is 14.5. The molecule has 0 aliphatic rings. The van der Waals surface area contributed by atoms with Crippen molar-refractivity contribution >= 4 is 29.7 Å². The average Bonchev–Trinajstić information content (AvgIpc) is 3.21. The van der Waals surface area contributed by atoms with Crippen molar-refractivity contribution in [1.82, 2.24) is 25.9 Å². The number of rotatable bonds is 13. The van der Waals surface area contributed by atoms with Gasteiger partial charge in [0.1, 0.15) is 18.6 Å². The van der Waals surface area contributed by atoms with Gasteiger partial charge in [-0.25, -0.2) is 4.98 Å². The number of hydrogen-bond acceptors (Lipinski definition) is 7. The van der Waals surface area contributed by atoms with Crippen LogP contribution in [0.4, 0.5) is 0 Å². The molecule has 0 fully saturated rings. The minimum atomic E-state index is -1.35. The van der Waals surface area contributed by atoms with Gasteiger partial charge in [-0.3, -0.25) is 24.0 Å². The van der Waals surface area contributed by atoms with Crippen LogP contribution in [-0.4, -0.2) is 74.5 Å². The lowest BCUT2D eigenvalue weighted by Crippen LogP contribution is -2.58. The number of carboxylic acid groups (broad SMARTS) is 2. The molecule has 0 aliphatic carbocycles. The third kappa shape index (κ3) is 8.82. The number of carbonyl (C=O) groups excluding carboxylic acids is 3. The number of H-pyrrole nitrogens is 1. The van der Waals surface area contributed by atoms with Gasteiger partial charge in [0.05, 0.1) is 18.8 Å². The molecule has 4 atom stereocenters. The summed E-state index contributed by atoms with van der Waals surface area (Å²) in [4.78, 5) is 65.7. The maximum atomic E-state index is 12.9. The molecular formula is C18H28N6O7. The summed E-state index contributed by atoms with van der Waals surface area (Å²) >= 11 is 0. The van der Waals surface area contributed by atoms with Crippen molar-refractivity contribution in [3.05, 3.63) is 18.2 Å². The highest BCUT2D eigenvalue weighted by Gasteiger charge is 2.31. The van der Waals surface area contributed by atoms with E-state index in [2.05, 4.69) is 25.9 Å². The lowest BCUT2D eigenvalue weighted by atomic mass is 9.97. The van der Waals surface area contributed by atoms with Crippen LogP contribution in [0, 0.1) is 5.92 Å². The number of nitrogens with one attached hydrogen (secondary N) is 4. The molecule has 0 saturated heterocycles. The Morgan fingerprint density at radius 1 is 1.10 bits per heavy atom. The van der Waals surface area contributed by atoms with Gasteiger partial charge in [0.2, 0.25) is 17.7 Å². The molecule has 172 valence electrons. The fourth-order valence-electron chi connectivity index (χ4n) is 2.62. The Kier molecular flexibility index (Phi) is 10.1. The monoisotopic (exact) mass is 440 g/mol. The fraction of sp³-hybridized carbons (Fsp3) is 0.556. The number of imidazole rings is 1. The van der Waals surface area contributed by atoms with Crippen LogP contribution in [0.5, 0.6) is 0 Å². The Morgan fingerprint density at radius 2 is 1.77 bits per heavy atom. The number of hydrogen-bond donors (Lipinski definition) is 7. The lowest BCUT2D eigenvalue weighted by Gasteiger charge is -2.27. The number of carboxylic acids is 2. The SMILES string of the molecule is CCC(C)C(NC(=O)C(N)CC(=O)O)C(=O)NC(Cc1cnc[nH]1)C(=O)NCC(=O)O. The second-order valence-corrected chi connectivity index (χ2v) is 7.03. The minimum Gasteiger partial charge on any atom is -0.481 e. The van der Waals surface area contributed by atoms with Crippen LogP contribution in [-0.2, 0) is 30.4 Å². The molecule has 1 aromatic rings. The van der Waals surface area contributed by atoms with Crippen molar-refractivity contribution in [1.29, 1.82) is 0 Å². The highest BCUT2D eigenvalue weighted by Crippen LogP contribution is 2.10. The van der Waals surface area contributed by atoms with Gasteiger partial charge < -0.3 is 36.9 Å². The lowest BCUT2D eigenvalue weighted by molar-refractivity contribution is -0.140. The topological polar surface area (TPSA) is 217 Å². The Bertz CT molecular complexity index is 782. The highest BCUT2D eigenvalue weighted by atomic mass is 16.4. The standard InChI is InChI=1S/C18H28N6O7/c1-3-9(2)15(24-16(29)11(19)5-13(25)26)18(31)23-12(4-10-6-20-8-22-10)17(30)21-7-14(27)28/h6,8-9,11-12,15H,3-5,7,19H2,1-2H3,(H,20,22)(H,21,30)(H,23,31)(H,24,29)(H,25,26)(H,27,28). The molecule has 0 saturated carbocycles. The van der Waals surface area contributed by atoms with Crippen molar-refractivity contribution in [3.8, 4) is 0 Å². The van der Waals surface area contributed by atoms with Crippen molar-refractivity contribution in [2.75, 3.05) is 6.54 Å². The van der Waals surface area contributed by atoms with Crippen LogP contribution in [0.1, 0.15) is 32.4 Å². The van der Waals surface area contributed by atoms with Gasteiger partial charge in [0, 0.05) is 18.3 Å². The van der Waals surface area contributed by atoms with E-state index in [0.717, 1.165) is 0 Å². The molecule has 4 unspecified atom stereocenters. The Labute approximate surface area is 178 Å². The van der Waals surface area contributed by atoms with E-state index < -0.39 is 60.8 Å². The first kappa shape index (κ1) is 25.6. The molecule has 1 rings (SSSR count). The summed E-state index contributed by atoms with van der Waals surface area (Å²) in [5.74, 6) is -5.12. The maximum Gasteiger partial charge on any atom is 0.322 e. The smallest absolute Gasteiger partial charge is 0.322 e. The number of carbonyl (C=O) groups is 5. The van der Waals surface area contributed by atoms with E-state index in [-0.39, 0.29) is 12.3 Å². The van der Waals surface area contributed by atoms with Crippen LogP contribution in [0.2, 0.25) is 0 Å². The first-order valence-electron chi connectivity index (χ1n) is 9.60. The van der Waals surface area contributed by atoms with Gasteiger partial charge in [-0.15, -0.1) is 0 Å². The Hall–Kier alpha value is -3.48. The molecule has 0 radical (unpaired) electrons. The van der Waals surface area contributed by atoms with E-state index in [1.54, 1.807) is 13.8 Å². The van der Waals surface area contributed by atoms with Crippen LogP contribution in [0.3, 0.4) is 0 Å². The third-order valence-corrected chi connectivity index (χ3v) is 4.55. The van der Waals surface area contributed by atoms with E-state index in [4.69, 9.17) is 15.9 Å². The molecule has 13 heteroatoms. The summed E-state index contributed by atoms with van der Waals surface area (Å²) < 4.78 is 0. The normalized spacial score (nSPS) is 14.5. The van der Waals surface area contributed by atoms with Crippen molar-refractivity contribution in [2.24, 2.45) is 11.7 Å². The summed E-state index contributed by atoms with van der Waals surface area (Å²) in [6.07, 6.45) is 2.71. The van der Waals surface area contributed by atoms with Crippen molar-refractivity contribution in [2.45, 2.75) is 51.2 Å². The number of nitrogens with zero attached hydrogens (tertiary/aromatic N) is 1. The van der Waals surface area contributed by atoms with E-state index in [0.29, 0.717) is 12.1 Å². The molecule has 0 aromatic carbocycles. The molecule has 0 spiro atoms. The van der Waals surface area contributed by atoms with Gasteiger partial charge in [-0.2, -0.15) is 0 Å². The summed E-state index contributed by atoms with van der Waals surface area (Å²) in [7, 11) is 0. The van der Waals surface area contributed by atoms with Gasteiger partial charge in [0.15, 0.2) is 0 Å². The van der Waals surface area contributed by atoms with E-state index in [1.807, 2.05) is 0 Å². The Balaban J connectivity index is 2.96. The van der Waals surface area contributed by atoms with Gasteiger partial charge in [-0.05, 0) is 5.92 Å². The summed E-state index contributed by atoms with van der Waals surface area (Å²) in [5.41, 5.74) is 6.08. The minimum absolute atomic E-state index is 0.00308. The second kappa shape index (κ2) is 12.3. The van der Waals surface area contributed by atoms with Crippen molar-refractivity contribution in [3.63, 3.8) is 0 Å². The second-order valence-electron chi connectivity index (χ2n) is 7.03. The number of aromatic amines is 1. The zero-order valence-electron chi connectivity index (χ0n) is 17.3. The van der Waals surface area contributed by atoms with E-state index >= 15 is 0 Å². The van der Waals surface area contributed by atoms with Crippen LogP contribution in [0.15, 0.2) is 12.5 Å². The van der Waals surface area contributed by atoms with Crippen molar-refractivity contribution < 1.29 is 34.2 Å². The first-order valence-corrected chi connectivity index (χ1v) is 9.60. The molecule has 0 aliphatic heterocycles. The van der Waals surface area contributed by atoms with E-state index in [9.17, 15) is 24.0 Å². The number of amides is 3. The average molecular weight is 440 g/mol. The van der Waals surface area contributed by atoms with E-state index in [1.165, 1.54) is 12.5 Å². The van der Waals surface area contributed by atoms with Crippen LogP contribution < -0.4 is 21.7 Å². The van der Waals surface area contributed by atoms with Crippen LogP contribution >= 0.6 is 0 Å². The number of nitrogens with two attached hydrogens (primary N) is 1. The molecule has 13 nitrogen and oxygen atoms in total. The third-order valence-electron chi connectivity index (χ3n) is 4.55. The number of aliphatic carboxylic acids is 2. The molecule has 1 aromatic heterocycles. The predicted molar refractivity (Wildman–Crippen MR) is 106 cm³/mol. The predicted octanol–water partition coefficient (Wildman–Crippen LogP) is -2.03. The van der Waals surface area contributed by atoms with Gasteiger partial charge in [0.25, 0.3) is 0 Å². The molecule has 31 heavy (non-hydrogen) atoms. The summed E-state index contributed by atoms with van der Waals surface area (Å²) in [6, 6.07) is -3.59. The summed E-state index contributed by atoms with van der Waals surface area (Å²) in [6.45, 7) is 2.85. The molecule has 8 N–H and O–H groups in total. The fourth-order valence-corrected chi connectivity index (χ4v) is 2.62. The quantitative estimate of drug-likeness (QED) is 0.180. The zero-order chi connectivity index (χ0) is 23.6. The van der Waals surface area contributed by atoms with Gasteiger partial charge in [-0.1, -0.05) is 20.3 Å². The maximum absolute atomic E-state index is 12.9. The molecule has 0 bridgehead atoms. The molecular weight excluding hydrogens is 412 g/mol. The van der Waals surface area contributed by atoms with Gasteiger partial charge >= 0.3 is 11.9 Å². The summed E-state index contributed by atoms with van der Waals surface area (Å²) in [5, 5.41) is 24.7.